The van der Waals surface area contributed by atoms with E-state index in [0.717, 1.165) is 29.8 Å². The average molecular weight is 363 g/mol. The number of rotatable bonds is 7. The summed E-state index contributed by atoms with van der Waals surface area (Å²) in [6, 6.07) is 11.7. The fourth-order valence-electron chi connectivity index (χ4n) is 1.99. The van der Waals surface area contributed by atoms with Crippen molar-refractivity contribution in [2.45, 2.75) is 18.2 Å². The highest BCUT2D eigenvalue weighted by molar-refractivity contribution is 7.89. The fraction of sp³-hybridized carbons (Fsp3) is 0.188. The van der Waals surface area contributed by atoms with Crippen LogP contribution in [0.2, 0.25) is 0 Å². The molecule has 0 aliphatic rings. The molecule has 1 amide bonds. The maximum absolute atomic E-state index is 12.1. The number of nitrogens with zero attached hydrogens (tertiary/aromatic N) is 1. The summed E-state index contributed by atoms with van der Waals surface area (Å²) >= 11 is 0. The second-order valence-corrected chi connectivity index (χ2v) is 7.08. The normalized spacial score (nSPS) is 11.1. The van der Waals surface area contributed by atoms with E-state index >= 15 is 0 Å². The highest BCUT2D eigenvalue weighted by atomic mass is 32.2. The summed E-state index contributed by atoms with van der Waals surface area (Å²) in [6.45, 7) is 1.84. The third-order valence-corrected chi connectivity index (χ3v) is 4.81. The van der Waals surface area contributed by atoms with Gasteiger partial charge in [-0.1, -0.05) is 17.7 Å². The molecule has 0 saturated heterocycles. The molecule has 0 spiro atoms. The van der Waals surface area contributed by atoms with Crippen molar-refractivity contribution in [2.75, 3.05) is 11.9 Å². The summed E-state index contributed by atoms with van der Waals surface area (Å²) in [4.78, 5) is 21.7. The number of benzene rings is 2. The number of nitro benzene ring substituents is 1. The molecule has 9 heteroatoms. The Morgan fingerprint density at radius 2 is 1.68 bits per heavy atom. The van der Waals surface area contributed by atoms with Gasteiger partial charge in [0.1, 0.15) is 0 Å². The van der Waals surface area contributed by atoms with E-state index in [1.54, 1.807) is 12.1 Å². The molecule has 2 N–H and O–H groups in total. The Bertz CT molecular complexity index is 862. The van der Waals surface area contributed by atoms with Crippen LogP contribution in [-0.4, -0.2) is 25.8 Å². The maximum Gasteiger partial charge on any atom is 0.269 e. The number of carbonyl (C=O) groups excluding carboxylic acids is 1. The molecule has 132 valence electrons. The number of amides is 1. The number of non-ortho nitro benzene ring substituents is 1. The molecule has 0 heterocycles. The summed E-state index contributed by atoms with van der Waals surface area (Å²) in [7, 11) is -3.83. The lowest BCUT2D eigenvalue weighted by Crippen LogP contribution is -2.27. The van der Waals surface area contributed by atoms with E-state index in [9.17, 15) is 23.3 Å². The Labute approximate surface area is 145 Å². The van der Waals surface area contributed by atoms with Gasteiger partial charge in [0, 0.05) is 30.8 Å². The second kappa shape index (κ2) is 7.86. The van der Waals surface area contributed by atoms with Gasteiger partial charge in [0.15, 0.2) is 0 Å². The number of hydrogen-bond donors (Lipinski definition) is 2. The van der Waals surface area contributed by atoms with Crippen molar-refractivity contribution in [3.8, 4) is 0 Å². The lowest BCUT2D eigenvalue weighted by Gasteiger charge is -2.08. The van der Waals surface area contributed by atoms with Crippen molar-refractivity contribution >= 4 is 27.3 Å². The molecule has 0 bridgehead atoms. The molecular weight excluding hydrogens is 346 g/mol. The molecule has 25 heavy (non-hydrogen) atoms. The van der Waals surface area contributed by atoms with Crippen LogP contribution in [0, 0.1) is 17.0 Å². The van der Waals surface area contributed by atoms with Crippen LogP contribution in [0.4, 0.5) is 11.4 Å². The van der Waals surface area contributed by atoms with E-state index in [4.69, 9.17) is 0 Å². The smallest absolute Gasteiger partial charge is 0.269 e. The molecule has 8 nitrogen and oxygen atoms in total. The van der Waals surface area contributed by atoms with E-state index in [0.29, 0.717) is 5.69 Å². The molecule has 0 saturated carbocycles. The zero-order valence-electron chi connectivity index (χ0n) is 13.4. The first-order valence-corrected chi connectivity index (χ1v) is 8.87. The number of sulfonamides is 1. The number of hydrogen-bond acceptors (Lipinski definition) is 5. The van der Waals surface area contributed by atoms with Crippen molar-refractivity contribution in [1.29, 1.82) is 0 Å². The molecule has 0 aliphatic heterocycles. The Balaban J connectivity index is 1.88. The molecule has 0 aromatic heterocycles. The number of nitro groups is 1. The lowest BCUT2D eigenvalue weighted by molar-refractivity contribution is -0.384. The van der Waals surface area contributed by atoms with Crippen molar-refractivity contribution < 1.29 is 18.1 Å². The lowest BCUT2D eigenvalue weighted by atomic mass is 10.2. The first-order valence-electron chi connectivity index (χ1n) is 7.38. The van der Waals surface area contributed by atoms with Gasteiger partial charge < -0.3 is 5.32 Å². The second-order valence-electron chi connectivity index (χ2n) is 5.31. The van der Waals surface area contributed by atoms with Crippen LogP contribution in [0.5, 0.6) is 0 Å². The standard InChI is InChI=1S/C16H17N3O5S/c1-12-2-4-13(5-3-12)18-16(20)10-11-17-25(23,24)15-8-6-14(7-9-15)19(21)22/h2-9,17H,10-11H2,1H3,(H,18,20). The molecule has 0 atom stereocenters. The third kappa shape index (κ3) is 5.37. The van der Waals surface area contributed by atoms with Gasteiger partial charge in [0.25, 0.3) is 5.69 Å². The van der Waals surface area contributed by atoms with E-state index in [2.05, 4.69) is 10.0 Å². The van der Waals surface area contributed by atoms with Crippen LogP contribution >= 0.6 is 0 Å². The summed E-state index contributed by atoms with van der Waals surface area (Å²) in [5.74, 6) is -0.324. The Kier molecular flexibility index (Phi) is 5.84. The predicted molar refractivity (Wildman–Crippen MR) is 92.7 cm³/mol. The number of aryl methyl sites for hydroxylation is 1. The topological polar surface area (TPSA) is 118 Å². The maximum atomic E-state index is 12.1. The molecular formula is C16H17N3O5S. The van der Waals surface area contributed by atoms with E-state index in [1.165, 1.54) is 0 Å². The Morgan fingerprint density at radius 1 is 1.08 bits per heavy atom. The summed E-state index contributed by atoms with van der Waals surface area (Å²) in [5, 5.41) is 13.2. The van der Waals surface area contributed by atoms with Crippen molar-refractivity contribution in [2.24, 2.45) is 0 Å². The first-order chi connectivity index (χ1) is 11.8. The summed E-state index contributed by atoms with van der Waals surface area (Å²) in [5.41, 5.74) is 1.50. The van der Waals surface area contributed by atoms with Gasteiger partial charge in [-0.15, -0.1) is 0 Å². The minimum atomic E-state index is -3.83. The zero-order chi connectivity index (χ0) is 18.4. The average Bonchev–Trinajstić information content (AvgIpc) is 2.57. The van der Waals surface area contributed by atoms with E-state index in [1.807, 2.05) is 19.1 Å². The zero-order valence-corrected chi connectivity index (χ0v) is 14.2. The van der Waals surface area contributed by atoms with Gasteiger partial charge in [-0.05, 0) is 31.2 Å². The van der Waals surface area contributed by atoms with Gasteiger partial charge in [0.2, 0.25) is 15.9 Å². The van der Waals surface area contributed by atoms with Crippen LogP contribution in [-0.2, 0) is 14.8 Å². The highest BCUT2D eigenvalue weighted by Gasteiger charge is 2.16. The van der Waals surface area contributed by atoms with E-state index in [-0.39, 0.29) is 29.5 Å². The van der Waals surface area contributed by atoms with Crippen LogP contribution < -0.4 is 10.0 Å². The molecule has 2 aromatic carbocycles. The number of anilines is 1. The molecule has 0 aliphatic carbocycles. The minimum Gasteiger partial charge on any atom is -0.326 e. The molecule has 0 unspecified atom stereocenters. The first kappa shape index (κ1) is 18.6. The quantitative estimate of drug-likeness (QED) is 0.577. The van der Waals surface area contributed by atoms with Crippen molar-refractivity contribution in [3.05, 3.63) is 64.2 Å². The van der Waals surface area contributed by atoms with Gasteiger partial charge in [-0.25, -0.2) is 13.1 Å². The van der Waals surface area contributed by atoms with Crippen LogP contribution in [0.25, 0.3) is 0 Å². The molecule has 2 aromatic rings. The van der Waals surface area contributed by atoms with Crippen LogP contribution in [0.3, 0.4) is 0 Å². The predicted octanol–water partition coefficient (Wildman–Crippen LogP) is 2.21. The molecule has 2 rings (SSSR count). The monoisotopic (exact) mass is 363 g/mol. The van der Waals surface area contributed by atoms with Gasteiger partial charge in [-0.2, -0.15) is 0 Å². The van der Waals surface area contributed by atoms with E-state index < -0.39 is 14.9 Å². The van der Waals surface area contributed by atoms with Crippen LogP contribution in [0.15, 0.2) is 53.4 Å². The Morgan fingerprint density at radius 3 is 2.24 bits per heavy atom. The van der Waals surface area contributed by atoms with Crippen LogP contribution in [0.1, 0.15) is 12.0 Å². The number of carbonyl (C=O) groups is 1. The summed E-state index contributed by atoms with van der Waals surface area (Å²) < 4.78 is 26.4. The minimum absolute atomic E-state index is 0.0416. The van der Waals surface area contributed by atoms with Crippen molar-refractivity contribution in [1.82, 2.24) is 4.72 Å². The fourth-order valence-corrected chi connectivity index (χ4v) is 3.02. The van der Waals surface area contributed by atoms with Gasteiger partial charge in [-0.3, -0.25) is 14.9 Å². The van der Waals surface area contributed by atoms with Gasteiger partial charge >= 0.3 is 0 Å². The largest absolute Gasteiger partial charge is 0.326 e. The van der Waals surface area contributed by atoms with Crippen molar-refractivity contribution in [3.63, 3.8) is 0 Å². The summed E-state index contributed by atoms with van der Waals surface area (Å²) in [6.07, 6.45) is -0.0416. The Hall–Kier alpha value is -2.78. The SMILES string of the molecule is Cc1ccc(NC(=O)CCNS(=O)(=O)c2ccc([N+](=O)[O-])cc2)cc1. The molecule has 0 fully saturated rings. The third-order valence-electron chi connectivity index (χ3n) is 3.34. The van der Waals surface area contributed by atoms with Gasteiger partial charge in [0.05, 0.1) is 9.82 Å². The molecule has 0 radical (unpaired) electrons. The highest BCUT2D eigenvalue weighted by Crippen LogP contribution is 2.15. The number of nitrogens with one attached hydrogen (secondary N) is 2.